The highest BCUT2D eigenvalue weighted by Crippen LogP contribution is 2.60. The van der Waals surface area contributed by atoms with Gasteiger partial charge in [0.15, 0.2) is 6.29 Å². The Morgan fingerprint density at radius 3 is 2.25 bits per heavy atom. The smallest absolute Gasteiger partial charge is 0.302 e. The molecule has 4 heteroatoms. The Hall–Kier alpha value is -0.610. The predicted octanol–water partition coefficient (Wildman–Crippen LogP) is 1.83. The highest BCUT2D eigenvalue weighted by atomic mass is 16.7. The first-order valence-corrected chi connectivity index (χ1v) is 5.62. The van der Waals surface area contributed by atoms with Crippen LogP contribution in [0.1, 0.15) is 27.2 Å². The topological polar surface area (TPSA) is 44.8 Å². The summed E-state index contributed by atoms with van der Waals surface area (Å²) in [6.45, 7) is 6.33. The number of rotatable bonds is 6. The van der Waals surface area contributed by atoms with E-state index in [9.17, 15) is 4.79 Å². The van der Waals surface area contributed by atoms with Gasteiger partial charge in [0.1, 0.15) is 0 Å². The molecule has 0 amide bonds. The maximum absolute atomic E-state index is 10.8. The zero-order chi connectivity index (χ0) is 12.3. The number of carbonyl (C=O) groups excluding carboxylic acids is 1. The number of ether oxygens (including phenoxy) is 3. The second-order valence-corrected chi connectivity index (χ2v) is 4.97. The minimum Gasteiger partial charge on any atom is -0.466 e. The van der Waals surface area contributed by atoms with Crippen molar-refractivity contribution < 1.29 is 19.0 Å². The van der Waals surface area contributed by atoms with Gasteiger partial charge in [0.05, 0.1) is 6.61 Å². The van der Waals surface area contributed by atoms with Crippen molar-refractivity contribution in [1.82, 2.24) is 0 Å². The number of esters is 1. The average Bonchev–Trinajstić information content (AvgIpc) is 2.73. The summed E-state index contributed by atoms with van der Waals surface area (Å²) < 4.78 is 15.4. The van der Waals surface area contributed by atoms with Crippen molar-refractivity contribution in [3.05, 3.63) is 0 Å². The van der Waals surface area contributed by atoms with E-state index in [4.69, 9.17) is 14.2 Å². The Morgan fingerprint density at radius 1 is 1.25 bits per heavy atom. The molecule has 0 aromatic heterocycles. The summed E-state index contributed by atoms with van der Waals surface area (Å²) in [4.78, 5) is 10.8. The van der Waals surface area contributed by atoms with Gasteiger partial charge in [-0.25, -0.2) is 0 Å². The van der Waals surface area contributed by atoms with Crippen LogP contribution in [0.4, 0.5) is 0 Å². The summed E-state index contributed by atoms with van der Waals surface area (Å²) in [5, 5.41) is 0. The second kappa shape index (κ2) is 5.15. The maximum Gasteiger partial charge on any atom is 0.302 e. The van der Waals surface area contributed by atoms with Crippen molar-refractivity contribution in [2.45, 2.75) is 33.5 Å². The third kappa shape index (κ3) is 2.95. The summed E-state index contributed by atoms with van der Waals surface area (Å²) in [5.74, 6) is 0.706. The van der Waals surface area contributed by atoms with Crippen LogP contribution in [0.3, 0.4) is 0 Å². The molecule has 1 aliphatic rings. The van der Waals surface area contributed by atoms with Gasteiger partial charge >= 0.3 is 5.97 Å². The lowest BCUT2D eigenvalue weighted by molar-refractivity contribution is -0.141. The molecule has 0 saturated heterocycles. The lowest BCUT2D eigenvalue weighted by Crippen LogP contribution is -2.15. The van der Waals surface area contributed by atoms with Crippen molar-refractivity contribution in [3.63, 3.8) is 0 Å². The van der Waals surface area contributed by atoms with Crippen LogP contribution < -0.4 is 0 Å². The van der Waals surface area contributed by atoms with Crippen LogP contribution in [0.15, 0.2) is 0 Å². The van der Waals surface area contributed by atoms with Crippen molar-refractivity contribution >= 4 is 5.97 Å². The van der Waals surface area contributed by atoms with Crippen LogP contribution in [0.25, 0.3) is 0 Å². The highest BCUT2D eigenvalue weighted by molar-refractivity contribution is 5.65. The molecule has 1 fully saturated rings. The molecule has 0 aliphatic heterocycles. The number of hydrogen-bond acceptors (Lipinski definition) is 4. The fraction of sp³-hybridized carbons (Fsp3) is 0.917. The molecule has 1 aliphatic carbocycles. The van der Waals surface area contributed by atoms with Crippen LogP contribution in [0.5, 0.6) is 0 Å². The molecule has 16 heavy (non-hydrogen) atoms. The van der Waals surface area contributed by atoms with Gasteiger partial charge in [-0.05, 0) is 11.3 Å². The maximum atomic E-state index is 10.8. The van der Waals surface area contributed by atoms with E-state index in [1.165, 1.54) is 6.92 Å². The molecule has 0 bridgehead atoms. The number of methoxy groups -OCH3 is 2. The Balaban J connectivity index is 2.40. The Labute approximate surface area is 97.2 Å². The molecule has 0 radical (unpaired) electrons. The van der Waals surface area contributed by atoms with Gasteiger partial charge in [0, 0.05) is 33.5 Å². The summed E-state index contributed by atoms with van der Waals surface area (Å²) in [5.41, 5.74) is 0.213. The van der Waals surface area contributed by atoms with E-state index in [0.29, 0.717) is 18.4 Å². The van der Waals surface area contributed by atoms with E-state index in [1.54, 1.807) is 14.2 Å². The average molecular weight is 230 g/mol. The Bertz CT molecular complexity index is 245. The summed E-state index contributed by atoms with van der Waals surface area (Å²) >= 11 is 0. The third-order valence-electron chi connectivity index (χ3n) is 3.73. The van der Waals surface area contributed by atoms with Crippen LogP contribution in [-0.2, 0) is 19.0 Å². The number of hydrogen-bond donors (Lipinski definition) is 0. The molecule has 94 valence electrons. The molecule has 0 spiro atoms. The molecule has 1 rings (SSSR count). The van der Waals surface area contributed by atoms with Gasteiger partial charge in [-0.1, -0.05) is 13.8 Å². The zero-order valence-electron chi connectivity index (χ0n) is 10.8. The molecule has 2 atom stereocenters. The fourth-order valence-electron chi connectivity index (χ4n) is 2.36. The first-order chi connectivity index (χ1) is 7.43. The fourth-order valence-corrected chi connectivity index (χ4v) is 2.36. The third-order valence-corrected chi connectivity index (χ3v) is 3.73. The van der Waals surface area contributed by atoms with Crippen LogP contribution >= 0.6 is 0 Å². The minimum atomic E-state index is -0.212. The SMILES string of the molecule is COC(C[C@@H]1[C@H](COC(C)=O)C1(C)C)OC. The lowest BCUT2D eigenvalue weighted by Gasteiger charge is -2.13. The van der Waals surface area contributed by atoms with Crippen molar-refractivity contribution in [2.75, 3.05) is 20.8 Å². The molecular weight excluding hydrogens is 208 g/mol. The van der Waals surface area contributed by atoms with Gasteiger partial charge < -0.3 is 14.2 Å². The summed E-state index contributed by atoms with van der Waals surface area (Å²) in [7, 11) is 3.29. The molecule has 1 saturated carbocycles. The van der Waals surface area contributed by atoms with Crippen LogP contribution in [0, 0.1) is 17.3 Å². The van der Waals surface area contributed by atoms with Gasteiger partial charge in [-0.15, -0.1) is 0 Å². The monoisotopic (exact) mass is 230 g/mol. The van der Waals surface area contributed by atoms with Crippen molar-refractivity contribution in [2.24, 2.45) is 17.3 Å². The molecular formula is C12H22O4. The quantitative estimate of drug-likeness (QED) is 0.516. The summed E-state index contributed by atoms with van der Waals surface area (Å²) in [6, 6.07) is 0. The standard InChI is InChI=1S/C12H22O4/c1-8(13)16-7-10-9(12(10,2)3)6-11(14-4)15-5/h9-11H,6-7H2,1-5H3/t9-,10+/m1/s1. The first kappa shape index (κ1) is 13.5. The van der Waals surface area contributed by atoms with E-state index < -0.39 is 0 Å². The Morgan fingerprint density at radius 2 is 1.81 bits per heavy atom. The van der Waals surface area contributed by atoms with Gasteiger partial charge in [0.2, 0.25) is 0 Å². The van der Waals surface area contributed by atoms with Crippen molar-refractivity contribution in [3.8, 4) is 0 Å². The molecule has 4 nitrogen and oxygen atoms in total. The molecule has 0 aromatic carbocycles. The van der Waals surface area contributed by atoms with Crippen LogP contribution in [0.2, 0.25) is 0 Å². The summed E-state index contributed by atoms with van der Waals surface area (Å²) in [6.07, 6.45) is 0.693. The normalized spacial score (nSPS) is 26.9. The van der Waals surface area contributed by atoms with E-state index in [2.05, 4.69) is 13.8 Å². The second-order valence-electron chi connectivity index (χ2n) is 4.97. The molecule has 0 heterocycles. The largest absolute Gasteiger partial charge is 0.466 e. The molecule has 0 unspecified atom stereocenters. The van der Waals surface area contributed by atoms with Gasteiger partial charge in [-0.3, -0.25) is 4.79 Å². The van der Waals surface area contributed by atoms with E-state index in [0.717, 1.165) is 6.42 Å². The zero-order valence-corrected chi connectivity index (χ0v) is 10.8. The van der Waals surface area contributed by atoms with Crippen LogP contribution in [-0.4, -0.2) is 33.1 Å². The van der Waals surface area contributed by atoms with E-state index in [-0.39, 0.29) is 17.7 Å². The van der Waals surface area contributed by atoms with Gasteiger partial charge in [-0.2, -0.15) is 0 Å². The molecule has 0 aromatic rings. The van der Waals surface area contributed by atoms with Gasteiger partial charge in [0.25, 0.3) is 0 Å². The highest BCUT2D eigenvalue weighted by Gasteiger charge is 2.58. The molecule has 0 N–H and O–H groups in total. The van der Waals surface area contributed by atoms with E-state index >= 15 is 0 Å². The first-order valence-electron chi connectivity index (χ1n) is 5.62. The Kier molecular flexibility index (Phi) is 4.33. The minimum absolute atomic E-state index is 0.161. The number of carbonyl (C=O) groups is 1. The van der Waals surface area contributed by atoms with E-state index in [1.807, 2.05) is 0 Å². The van der Waals surface area contributed by atoms with Crippen molar-refractivity contribution in [1.29, 1.82) is 0 Å². The predicted molar refractivity (Wildman–Crippen MR) is 59.8 cm³/mol. The lowest BCUT2D eigenvalue weighted by atomic mass is 10.1.